The lowest BCUT2D eigenvalue weighted by molar-refractivity contribution is 0.0593. The van der Waals surface area contributed by atoms with Gasteiger partial charge in [0.25, 0.3) is 5.71 Å². The molecule has 0 aliphatic carbocycles. The Morgan fingerprint density at radius 1 is 1.28 bits per heavy atom. The molecule has 0 amide bonds. The summed E-state index contributed by atoms with van der Waals surface area (Å²) in [6, 6.07) is 0.0475. The van der Waals surface area contributed by atoms with E-state index in [9.17, 15) is 0 Å². The standard InChI is InChI=1S/C17H22N6O2/c1-3-23-7-6-18-16(23)14(12-4-8-24-9-5-12)21-15-13-11(2)22-25-17(13)20-10-19-15/h6-7,10,12,14H,3-5,8-9H2,1-2H3,(H,19,20,21)/t14-/m0/s1. The Hall–Kier alpha value is -2.48. The van der Waals surface area contributed by atoms with E-state index in [4.69, 9.17) is 9.26 Å². The van der Waals surface area contributed by atoms with Gasteiger partial charge in [0.15, 0.2) is 0 Å². The van der Waals surface area contributed by atoms with Crippen LogP contribution >= 0.6 is 0 Å². The molecule has 1 N–H and O–H groups in total. The van der Waals surface area contributed by atoms with Crippen molar-refractivity contribution in [3.8, 4) is 0 Å². The van der Waals surface area contributed by atoms with Crippen LogP contribution in [0, 0.1) is 12.8 Å². The van der Waals surface area contributed by atoms with Gasteiger partial charge < -0.3 is 19.1 Å². The van der Waals surface area contributed by atoms with Crippen molar-refractivity contribution in [2.75, 3.05) is 18.5 Å². The van der Waals surface area contributed by atoms with E-state index in [1.165, 1.54) is 6.33 Å². The molecule has 1 aliphatic rings. The maximum Gasteiger partial charge on any atom is 0.263 e. The Bertz CT molecular complexity index is 852. The van der Waals surface area contributed by atoms with E-state index in [1.807, 2.05) is 19.3 Å². The van der Waals surface area contributed by atoms with E-state index in [0.29, 0.717) is 11.6 Å². The summed E-state index contributed by atoms with van der Waals surface area (Å²) in [4.78, 5) is 13.2. The highest BCUT2D eigenvalue weighted by molar-refractivity contribution is 5.87. The molecule has 4 heterocycles. The predicted molar refractivity (Wildman–Crippen MR) is 92.1 cm³/mol. The molecule has 0 saturated carbocycles. The SMILES string of the molecule is CCn1ccnc1[C@@H](Nc1ncnc2onc(C)c12)C1CCOCC1. The zero-order valence-electron chi connectivity index (χ0n) is 14.5. The molecule has 132 valence electrons. The van der Waals surface area contributed by atoms with Gasteiger partial charge >= 0.3 is 0 Å². The second kappa shape index (κ2) is 6.79. The lowest BCUT2D eigenvalue weighted by atomic mass is 9.91. The second-order valence-electron chi connectivity index (χ2n) is 6.31. The molecule has 4 rings (SSSR count). The minimum atomic E-state index is 0.0475. The van der Waals surface area contributed by atoms with Crippen LogP contribution in [0.2, 0.25) is 0 Å². The highest BCUT2D eigenvalue weighted by Gasteiger charge is 2.30. The average Bonchev–Trinajstić information content (AvgIpc) is 3.27. The third-order valence-corrected chi connectivity index (χ3v) is 4.84. The first-order valence-corrected chi connectivity index (χ1v) is 8.70. The van der Waals surface area contributed by atoms with Gasteiger partial charge in [0.1, 0.15) is 23.4 Å². The maximum atomic E-state index is 5.55. The van der Waals surface area contributed by atoms with Crippen LogP contribution < -0.4 is 5.32 Å². The van der Waals surface area contributed by atoms with Crippen LogP contribution in [0.5, 0.6) is 0 Å². The fourth-order valence-corrected chi connectivity index (χ4v) is 3.49. The minimum Gasteiger partial charge on any atom is -0.381 e. The summed E-state index contributed by atoms with van der Waals surface area (Å²) in [5, 5.41) is 8.45. The lowest BCUT2D eigenvalue weighted by Crippen LogP contribution is -2.29. The minimum absolute atomic E-state index is 0.0475. The molecule has 0 unspecified atom stereocenters. The molecule has 0 spiro atoms. The Morgan fingerprint density at radius 2 is 2.12 bits per heavy atom. The van der Waals surface area contributed by atoms with E-state index < -0.39 is 0 Å². The summed E-state index contributed by atoms with van der Waals surface area (Å²) in [5.74, 6) is 2.19. The maximum absolute atomic E-state index is 5.55. The van der Waals surface area contributed by atoms with Gasteiger partial charge in [-0.25, -0.2) is 9.97 Å². The Labute approximate surface area is 145 Å². The fraction of sp³-hybridized carbons (Fsp3) is 0.529. The first-order valence-electron chi connectivity index (χ1n) is 8.70. The Kier molecular flexibility index (Phi) is 4.35. The van der Waals surface area contributed by atoms with Gasteiger partial charge in [0.2, 0.25) is 0 Å². The molecule has 0 bridgehead atoms. The van der Waals surface area contributed by atoms with Crippen molar-refractivity contribution in [1.29, 1.82) is 0 Å². The number of hydrogen-bond acceptors (Lipinski definition) is 7. The highest BCUT2D eigenvalue weighted by Crippen LogP contribution is 2.34. The fourth-order valence-electron chi connectivity index (χ4n) is 3.49. The summed E-state index contributed by atoms with van der Waals surface area (Å²) in [7, 11) is 0. The lowest BCUT2D eigenvalue weighted by Gasteiger charge is -2.31. The quantitative estimate of drug-likeness (QED) is 0.762. The molecule has 25 heavy (non-hydrogen) atoms. The summed E-state index contributed by atoms with van der Waals surface area (Å²) < 4.78 is 13.0. The zero-order valence-corrected chi connectivity index (χ0v) is 14.5. The van der Waals surface area contributed by atoms with Gasteiger partial charge in [-0.1, -0.05) is 5.16 Å². The van der Waals surface area contributed by atoms with Crippen molar-refractivity contribution in [3.63, 3.8) is 0 Å². The summed E-state index contributed by atoms with van der Waals surface area (Å²) in [5.41, 5.74) is 1.28. The first-order chi connectivity index (χ1) is 12.3. The topological polar surface area (TPSA) is 90.9 Å². The smallest absolute Gasteiger partial charge is 0.263 e. The molecule has 0 radical (unpaired) electrons. The van der Waals surface area contributed by atoms with Gasteiger partial charge in [-0.2, -0.15) is 4.98 Å². The van der Waals surface area contributed by atoms with Gasteiger partial charge in [0.05, 0.1) is 11.7 Å². The summed E-state index contributed by atoms with van der Waals surface area (Å²) >= 11 is 0. The van der Waals surface area contributed by atoms with Gasteiger partial charge in [-0.05, 0) is 32.6 Å². The van der Waals surface area contributed by atoms with E-state index >= 15 is 0 Å². The molecule has 1 aliphatic heterocycles. The number of nitrogens with zero attached hydrogens (tertiary/aromatic N) is 5. The number of nitrogens with one attached hydrogen (secondary N) is 1. The van der Waals surface area contributed by atoms with Crippen LogP contribution in [-0.4, -0.2) is 37.9 Å². The monoisotopic (exact) mass is 342 g/mol. The van der Waals surface area contributed by atoms with E-state index in [0.717, 1.165) is 55.3 Å². The van der Waals surface area contributed by atoms with Crippen molar-refractivity contribution < 1.29 is 9.26 Å². The summed E-state index contributed by atoms with van der Waals surface area (Å²) in [6.45, 7) is 6.46. The van der Waals surface area contributed by atoms with Crippen molar-refractivity contribution in [1.82, 2.24) is 24.7 Å². The highest BCUT2D eigenvalue weighted by atomic mass is 16.5. The number of hydrogen-bond donors (Lipinski definition) is 1. The molecule has 3 aromatic rings. The van der Waals surface area contributed by atoms with Crippen LogP contribution in [0.3, 0.4) is 0 Å². The van der Waals surface area contributed by atoms with Crippen molar-refractivity contribution in [2.45, 2.75) is 39.3 Å². The largest absolute Gasteiger partial charge is 0.381 e. The van der Waals surface area contributed by atoms with Gasteiger partial charge in [-0.3, -0.25) is 0 Å². The molecule has 0 aromatic carbocycles. The van der Waals surface area contributed by atoms with E-state index in [2.05, 4.69) is 36.9 Å². The van der Waals surface area contributed by atoms with Gasteiger partial charge in [0, 0.05) is 32.2 Å². The number of ether oxygens (including phenoxy) is 1. The van der Waals surface area contributed by atoms with Crippen LogP contribution in [0.25, 0.3) is 11.1 Å². The zero-order chi connectivity index (χ0) is 17.2. The van der Waals surface area contributed by atoms with Crippen molar-refractivity contribution >= 4 is 16.9 Å². The van der Waals surface area contributed by atoms with Gasteiger partial charge in [-0.15, -0.1) is 0 Å². The van der Waals surface area contributed by atoms with E-state index in [1.54, 1.807) is 0 Å². The number of aromatic nitrogens is 5. The van der Waals surface area contributed by atoms with Crippen molar-refractivity contribution in [2.24, 2.45) is 5.92 Å². The summed E-state index contributed by atoms with van der Waals surface area (Å²) in [6.07, 6.45) is 7.36. The molecular formula is C17H22N6O2. The molecular weight excluding hydrogens is 320 g/mol. The molecule has 1 atom stereocenters. The molecule has 8 nitrogen and oxygen atoms in total. The number of imidazole rings is 1. The van der Waals surface area contributed by atoms with Crippen LogP contribution in [0.4, 0.5) is 5.82 Å². The van der Waals surface area contributed by atoms with Crippen LogP contribution in [0.1, 0.15) is 37.3 Å². The Morgan fingerprint density at radius 3 is 2.92 bits per heavy atom. The van der Waals surface area contributed by atoms with Crippen molar-refractivity contribution in [3.05, 3.63) is 30.2 Å². The van der Waals surface area contributed by atoms with Crippen LogP contribution in [0.15, 0.2) is 23.2 Å². The third kappa shape index (κ3) is 2.97. The van der Waals surface area contributed by atoms with E-state index in [-0.39, 0.29) is 6.04 Å². The predicted octanol–water partition coefficient (Wildman–Crippen LogP) is 2.72. The number of aryl methyl sites for hydroxylation is 2. The average molecular weight is 342 g/mol. The second-order valence-corrected chi connectivity index (χ2v) is 6.31. The molecule has 3 aromatic heterocycles. The number of fused-ring (bicyclic) bond motifs is 1. The molecule has 1 saturated heterocycles. The number of anilines is 1. The first kappa shape index (κ1) is 16.0. The molecule has 8 heteroatoms. The third-order valence-electron chi connectivity index (χ3n) is 4.84. The molecule has 1 fully saturated rings. The normalized spacial score (nSPS) is 17.0. The Balaban J connectivity index is 1.74. The number of rotatable bonds is 5. The van der Waals surface area contributed by atoms with Crippen LogP contribution in [-0.2, 0) is 11.3 Å².